The molecule has 1 amide bonds. The highest BCUT2D eigenvalue weighted by Crippen LogP contribution is 2.31. The van der Waals surface area contributed by atoms with E-state index in [0.29, 0.717) is 23.6 Å². The van der Waals surface area contributed by atoms with Crippen molar-refractivity contribution in [3.05, 3.63) is 89.6 Å². The zero-order valence-electron chi connectivity index (χ0n) is 18.1. The first-order chi connectivity index (χ1) is 15.9. The Morgan fingerprint density at radius 3 is 2.67 bits per heavy atom. The predicted molar refractivity (Wildman–Crippen MR) is 126 cm³/mol. The molecule has 33 heavy (non-hydrogen) atoms. The molecule has 2 aromatic carbocycles. The highest BCUT2D eigenvalue weighted by atomic mass is 16.5. The summed E-state index contributed by atoms with van der Waals surface area (Å²) < 4.78 is 5.78. The number of nitrogens with one attached hydrogen (secondary N) is 4. The van der Waals surface area contributed by atoms with Crippen LogP contribution in [0.3, 0.4) is 0 Å². The molecule has 8 heteroatoms. The van der Waals surface area contributed by atoms with Crippen LogP contribution in [0, 0.1) is 16.7 Å². The van der Waals surface area contributed by atoms with Crippen molar-refractivity contribution in [3.63, 3.8) is 0 Å². The number of amides is 1. The maximum Gasteiger partial charge on any atom is 0.266 e. The second-order valence-corrected chi connectivity index (χ2v) is 7.86. The quantitative estimate of drug-likeness (QED) is 0.269. The van der Waals surface area contributed by atoms with E-state index >= 15 is 0 Å². The van der Waals surface area contributed by atoms with Gasteiger partial charge in [0.2, 0.25) is 5.88 Å². The van der Waals surface area contributed by atoms with Crippen LogP contribution in [-0.2, 0) is 11.4 Å². The molecule has 3 atom stereocenters. The van der Waals surface area contributed by atoms with Gasteiger partial charge in [-0.15, -0.1) is 0 Å². The van der Waals surface area contributed by atoms with Crippen molar-refractivity contribution < 1.29 is 14.6 Å². The number of benzene rings is 2. The number of hydrogen-bond acceptors (Lipinski definition) is 7. The summed E-state index contributed by atoms with van der Waals surface area (Å²) in [7, 11) is 0. The normalized spacial score (nSPS) is 18.5. The Bertz CT molecular complexity index is 1160. The summed E-state index contributed by atoms with van der Waals surface area (Å²) in [6.45, 7) is 1.95. The van der Waals surface area contributed by atoms with Gasteiger partial charge in [0.15, 0.2) is 0 Å². The minimum absolute atomic E-state index is 0.125. The Morgan fingerprint density at radius 2 is 1.97 bits per heavy atom. The second kappa shape index (κ2) is 9.62. The zero-order valence-corrected chi connectivity index (χ0v) is 18.1. The molecular formula is C25H25N5O3. The van der Waals surface area contributed by atoms with E-state index < -0.39 is 24.1 Å². The highest BCUT2D eigenvalue weighted by Gasteiger charge is 2.41. The number of nitrogens with zero attached hydrogens (tertiary/aromatic N) is 1. The van der Waals surface area contributed by atoms with Crippen LogP contribution in [0.15, 0.2) is 72.9 Å². The summed E-state index contributed by atoms with van der Waals surface area (Å²) in [6.07, 6.45) is 0.954. The number of anilines is 1. The van der Waals surface area contributed by atoms with Gasteiger partial charge in [0.25, 0.3) is 5.91 Å². The Balaban J connectivity index is 1.46. The van der Waals surface area contributed by atoms with Crippen LogP contribution in [0.5, 0.6) is 5.88 Å². The van der Waals surface area contributed by atoms with Gasteiger partial charge in [-0.1, -0.05) is 48.5 Å². The molecule has 1 aromatic heterocycles. The molecule has 3 aromatic rings. The van der Waals surface area contributed by atoms with Crippen molar-refractivity contribution in [2.45, 2.75) is 25.8 Å². The Morgan fingerprint density at radius 1 is 1.18 bits per heavy atom. The van der Waals surface area contributed by atoms with Gasteiger partial charge < -0.3 is 25.9 Å². The average Bonchev–Trinajstić information content (AvgIpc) is 3.12. The van der Waals surface area contributed by atoms with Gasteiger partial charge in [-0.05, 0) is 35.7 Å². The second-order valence-electron chi connectivity index (χ2n) is 7.86. The van der Waals surface area contributed by atoms with Gasteiger partial charge in [0.05, 0.1) is 17.7 Å². The number of aromatic nitrogens is 1. The Labute approximate surface area is 191 Å². The Kier molecular flexibility index (Phi) is 6.46. The molecule has 1 aliphatic heterocycles. The smallest absolute Gasteiger partial charge is 0.266 e. The van der Waals surface area contributed by atoms with Gasteiger partial charge in [0.1, 0.15) is 18.5 Å². The van der Waals surface area contributed by atoms with Crippen LogP contribution in [0.2, 0.25) is 0 Å². The van der Waals surface area contributed by atoms with E-state index in [9.17, 15) is 9.90 Å². The summed E-state index contributed by atoms with van der Waals surface area (Å²) in [4.78, 5) is 16.6. The van der Waals surface area contributed by atoms with Crippen LogP contribution < -0.4 is 15.4 Å². The molecule has 168 valence electrons. The first kappa shape index (κ1) is 22.2. The van der Waals surface area contributed by atoms with Crippen LogP contribution in [0.25, 0.3) is 0 Å². The summed E-state index contributed by atoms with van der Waals surface area (Å²) in [5.41, 5.74) is 3.18. The molecular weight excluding hydrogens is 418 g/mol. The third kappa shape index (κ3) is 5.07. The lowest BCUT2D eigenvalue weighted by Crippen LogP contribution is -2.26. The van der Waals surface area contributed by atoms with Gasteiger partial charge in [-0.2, -0.15) is 0 Å². The molecule has 1 fully saturated rings. The molecule has 3 unspecified atom stereocenters. The van der Waals surface area contributed by atoms with Crippen LogP contribution in [0.1, 0.15) is 29.7 Å². The minimum Gasteiger partial charge on any atom is -0.473 e. The Hall–Kier alpha value is -4.04. The zero-order chi connectivity index (χ0) is 23.4. The SMILES string of the molecule is CC(O)Nc1cccc(COc2ccc(C3NC(=O)C(=N)C3C(=N)c3ccccc3)cn2)c1. The van der Waals surface area contributed by atoms with E-state index in [1.807, 2.05) is 42.5 Å². The molecule has 1 saturated heterocycles. The molecule has 2 heterocycles. The standard InChI is InChI=1S/C25H25N5O3/c1-15(31)29-19-9-5-6-16(12-19)14-33-20-11-10-18(13-28-20)24-21(23(27)25(32)30-24)22(26)17-7-3-2-4-8-17/h2-13,15,21,24,26-27,29,31H,14H2,1H3,(H,30,32). The maximum atomic E-state index is 12.2. The number of ether oxygens (including phenoxy) is 1. The number of carbonyl (C=O) groups is 1. The van der Waals surface area contributed by atoms with Crippen molar-refractivity contribution in [2.75, 3.05) is 5.32 Å². The topological polar surface area (TPSA) is 131 Å². The number of aliphatic hydroxyl groups is 1. The van der Waals surface area contributed by atoms with E-state index in [4.69, 9.17) is 15.6 Å². The van der Waals surface area contributed by atoms with Crippen molar-refractivity contribution in [1.82, 2.24) is 10.3 Å². The monoisotopic (exact) mass is 443 g/mol. The summed E-state index contributed by atoms with van der Waals surface area (Å²) >= 11 is 0. The lowest BCUT2D eigenvalue weighted by molar-refractivity contribution is -0.114. The molecule has 4 rings (SSSR count). The van der Waals surface area contributed by atoms with Gasteiger partial charge in [-0.25, -0.2) is 4.98 Å². The molecule has 1 aliphatic rings. The molecule has 8 nitrogen and oxygen atoms in total. The summed E-state index contributed by atoms with van der Waals surface area (Å²) in [5.74, 6) is -0.754. The van der Waals surface area contributed by atoms with E-state index in [2.05, 4.69) is 15.6 Å². The fraction of sp³-hybridized carbons (Fsp3) is 0.200. The van der Waals surface area contributed by atoms with E-state index in [-0.39, 0.29) is 11.4 Å². The van der Waals surface area contributed by atoms with E-state index in [1.165, 1.54) is 0 Å². The van der Waals surface area contributed by atoms with Crippen LogP contribution >= 0.6 is 0 Å². The third-order valence-corrected chi connectivity index (χ3v) is 5.38. The molecule has 0 saturated carbocycles. The predicted octanol–water partition coefficient (Wildman–Crippen LogP) is 3.29. The number of aliphatic hydroxyl groups excluding tert-OH is 1. The summed E-state index contributed by atoms with van der Waals surface area (Å²) in [6, 6.07) is 19.6. The number of carbonyl (C=O) groups excluding carboxylic acids is 1. The first-order valence-electron chi connectivity index (χ1n) is 10.6. The largest absolute Gasteiger partial charge is 0.473 e. The fourth-order valence-electron chi connectivity index (χ4n) is 3.80. The molecule has 5 N–H and O–H groups in total. The van der Waals surface area contributed by atoms with Crippen LogP contribution in [0.4, 0.5) is 5.69 Å². The van der Waals surface area contributed by atoms with Crippen molar-refractivity contribution in [2.24, 2.45) is 5.92 Å². The van der Waals surface area contributed by atoms with Crippen molar-refractivity contribution in [3.8, 4) is 5.88 Å². The van der Waals surface area contributed by atoms with E-state index in [0.717, 1.165) is 11.3 Å². The molecule has 0 spiro atoms. The average molecular weight is 444 g/mol. The van der Waals surface area contributed by atoms with Gasteiger partial charge in [-0.3, -0.25) is 10.2 Å². The molecule has 0 radical (unpaired) electrons. The van der Waals surface area contributed by atoms with Crippen molar-refractivity contribution >= 4 is 23.0 Å². The number of hydrogen-bond donors (Lipinski definition) is 5. The fourth-order valence-corrected chi connectivity index (χ4v) is 3.80. The maximum absolute atomic E-state index is 12.2. The lowest BCUT2D eigenvalue weighted by Gasteiger charge is -2.20. The molecule has 0 aliphatic carbocycles. The minimum atomic E-state index is -0.697. The summed E-state index contributed by atoms with van der Waals surface area (Å²) in [5, 5.41) is 32.0. The lowest BCUT2D eigenvalue weighted by atomic mass is 9.86. The third-order valence-electron chi connectivity index (χ3n) is 5.38. The highest BCUT2D eigenvalue weighted by molar-refractivity contribution is 6.45. The number of pyridine rings is 1. The number of rotatable bonds is 8. The van der Waals surface area contributed by atoms with Crippen LogP contribution in [-0.4, -0.2) is 33.6 Å². The van der Waals surface area contributed by atoms with E-state index in [1.54, 1.807) is 37.4 Å². The van der Waals surface area contributed by atoms with Gasteiger partial charge in [0, 0.05) is 18.0 Å². The first-order valence-corrected chi connectivity index (χ1v) is 10.6. The van der Waals surface area contributed by atoms with Crippen molar-refractivity contribution in [1.29, 1.82) is 10.8 Å². The molecule has 0 bridgehead atoms. The van der Waals surface area contributed by atoms with Gasteiger partial charge >= 0.3 is 0 Å².